The lowest BCUT2D eigenvalue weighted by molar-refractivity contribution is 0.362. The number of phenols is 3. The van der Waals surface area contributed by atoms with E-state index in [0.29, 0.717) is 5.56 Å². The van der Waals surface area contributed by atoms with Gasteiger partial charge in [-0.05, 0) is 18.6 Å². The van der Waals surface area contributed by atoms with Crippen molar-refractivity contribution in [3.05, 3.63) is 17.7 Å². The van der Waals surface area contributed by atoms with E-state index in [1.807, 2.05) is 6.92 Å². The van der Waals surface area contributed by atoms with Gasteiger partial charge in [-0.3, -0.25) is 0 Å². The molecule has 78 valence electrons. The molecule has 0 aliphatic rings. The predicted molar refractivity (Wildman–Crippen MR) is 53.3 cm³/mol. The van der Waals surface area contributed by atoms with E-state index in [1.54, 1.807) is 0 Å². The molecule has 0 bridgehead atoms. The van der Waals surface area contributed by atoms with E-state index in [4.69, 9.17) is 10.8 Å². The summed E-state index contributed by atoms with van der Waals surface area (Å²) in [7, 11) is 0. The summed E-state index contributed by atoms with van der Waals surface area (Å²) in [5, 5.41) is 27.8. The van der Waals surface area contributed by atoms with Crippen LogP contribution in [0.25, 0.3) is 0 Å². The average Bonchev–Trinajstić information content (AvgIpc) is 2.15. The molecule has 0 aliphatic carbocycles. The van der Waals surface area contributed by atoms with Crippen LogP contribution < -0.4 is 5.73 Å². The van der Waals surface area contributed by atoms with Gasteiger partial charge in [-0.1, -0.05) is 13.3 Å². The Labute approximate surface area is 82.6 Å². The Morgan fingerprint density at radius 3 is 2.43 bits per heavy atom. The second-order valence-corrected chi connectivity index (χ2v) is 3.27. The van der Waals surface area contributed by atoms with Crippen molar-refractivity contribution in [2.45, 2.75) is 25.8 Å². The Bertz CT molecular complexity index is 325. The van der Waals surface area contributed by atoms with Gasteiger partial charge in [-0.2, -0.15) is 0 Å². The van der Waals surface area contributed by atoms with Crippen molar-refractivity contribution >= 4 is 0 Å². The molecule has 0 amide bonds. The summed E-state index contributed by atoms with van der Waals surface area (Å²) in [4.78, 5) is 0. The van der Waals surface area contributed by atoms with Crippen LogP contribution in [0.3, 0.4) is 0 Å². The van der Waals surface area contributed by atoms with Gasteiger partial charge in [-0.15, -0.1) is 0 Å². The molecule has 5 N–H and O–H groups in total. The summed E-state index contributed by atoms with van der Waals surface area (Å²) in [5.41, 5.74) is 6.23. The molecule has 1 atom stereocenters. The van der Waals surface area contributed by atoms with Crippen LogP contribution in [0.4, 0.5) is 0 Å². The summed E-state index contributed by atoms with van der Waals surface area (Å²) >= 11 is 0. The number of nitrogens with two attached hydrogens (primary N) is 1. The first kappa shape index (κ1) is 10.7. The molecule has 1 rings (SSSR count). The molecule has 0 aromatic heterocycles. The van der Waals surface area contributed by atoms with Crippen LogP contribution in [-0.2, 0) is 0 Å². The molecule has 0 saturated heterocycles. The van der Waals surface area contributed by atoms with Crippen LogP contribution in [0, 0.1) is 0 Å². The van der Waals surface area contributed by atoms with Gasteiger partial charge in [0.2, 0.25) is 5.75 Å². The van der Waals surface area contributed by atoms with Crippen LogP contribution in [0.15, 0.2) is 12.1 Å². The Morgan fingerprint density at radius 2 is 1.86 bits per heavy atom. The third-order valence-electron chi connectivity index (χ3n) is 2.16. The largest absolute Gasteiger partial charge is 0.504 e. The second kappa shape index (κ2) is 4.19. The number of benzene rings is 1. The summed E-state index contributed by atoms with van der Waals surface area (Å²) < 4.78 is 0. The lowest BCUT2D eigenvalue weighted by atomic mass is 10.0. The van der Waals surface area contributed by atoms with E-state index in [2.05, 4.69) is 0 Å². The predicted octanol–water partition coefficient (Wildman–Crippen LogP) is 1.60. The molecule has 1 aromatic rings. The van der Waals surface area contributed by atoms with Crippen LogP contribution in [0.5, 0.6) is 17.2 Å². The topological polar surface area (TPSA) is 86.7 Å². The smallest absolute Gasteiger partial charge is 0.200 e. The van der Waals surface area contributed by atoms with Crippen LogP contribution in [0.1, 0.15) is 31.4 Å². The fourth-order valence-electron chi connectivity index (χ4n) is 1.35. The van der Waals surface area contributed by atoms with Gasteiger partial charge in [0.15, 0.2) is 11.5 Å². The molecule has 4 nitrogen and oxygen atoms in total. The molecule has 1 aromatic carbocycles. The summed E-state index contributed by atoms with van der Waals surface area (Å²) in [6.07, 6.45) is 1.61. The first-order valence-corrected chi connectivity index (χ1v) is 4.57. The van der Waals surface area contributed by atoms with E-state index in [-0.39, 0.29) is 17.5 Å². The molecular formula is C10H15NO3. The van der Waals surface area contributed by atoms with E-state index in [0.717, 1.165) is 12.8 Å². The fourth-order valence-corrected chi connectivity index (χ4v) is 1.35. The second-order valence-electron chi connectivity index (χ2n) is 3.27. The van der Waals surface area contributed by atoms with Crippen molar-refractivity contribution < 1.29 is 15.3 Å². The quantitative estimate of drug-likeness (QED) is 0.554. The van der Waals surface area contributed by atoms with Crippen molar-refractivity contribution in [1.82, 2.24) is 0 Å². The van der Waals surface area contributed by atoms with Crippen molar-refractivity contribution in [3.8, 4) is 17.2 Å². The summed E-state index contributed by atoms with van der Waals surface area (Å²) in [5.74, 6) is -1.17. The third-order valence-corrected chi connectivity index (χ3v) is 2.16. The summed E-state index contributed by atoms with van der Waals surface area (Å²) in [6, 6.07) is 2.52. The van der Waals surface area contributed by atoms with Crippen molar-refractivity contribution in [2.75, 3.05) is 0 Å². The first-order chi connectivity index (χ1) is 6.57. The molecule has 14 heavy (non-hydrogen) atoms. The lowest BCUT2D eigenvalue weighted by Crippen LogP contribution is -2.09. The normalized spacial score (nSPS) is 12.7. The van der Waals surface area contributed by atoms with Crippen LogP contribution in [-0.4, -0.2) is 15.3 Å². The van der Waals surface area contributed by atoms with Gasteiger partial charge in [0.05, 0.1) is 0 Å². The number of hydrogen-bond donors (Lipinski definition) is 4. The van der Waals surface area contributed by atoms with Gasteiger partial charge >= 0.3 is 0 Å². The number of hydrogen-bond acceptors (Lipinski definition) is 4. The molecule has 0 spiro atoms. The number of rotatable bonds is 3. The highest BCUT2D eigenvalue weighted by Gasteiger charge is 2.15. The van der Waals surface area contributed by atoms with E-state index in [9.17, 15) is 10.2 Å². The number of aromatic hydroxyl groups is 3. The maximum absolute atomic E-state index is 9.49. The van der Waals surface area contributed by atoms with Gasteiger partial charge in [0.1, 0.15) is 0 Å². The van der Waals surface area contributed by atoms with Gasteiger partial charge in [-0.25, -0.2) is 0 Å². The number of phenolic OH excluding ortho intramolecular Hbond substituents is 3. The first-order valence-electron chi connectivity index (χ1n) is 4.57. The highest BCUT2D eigenvalue weighted by Crippen LogP contribution is 2.39. The zero-order valence-corrected chi connectivity index (χ0v) is 8.07. The van der Waals surface area contributed by atoms with Crippen LogP contribution >= 0.6 is 0 Å². The highest BCUT2D eigenvalue weighted by atomic mass is 16.3. The SMILES string of the molecule is CCCC(N)c1ccc(O)c(O)c1O. The molecule has 0 saturated carbocycles. The third kappa shape index (κ3) is 1.90. The van der Waals surface area contributed by atoms with Gasteiger partial charge in [0.25, 0.3) is 0 Å². The Balaban J connectivity index is 3.04. The molecule has 1 unspecified atom stereocenters. The van der Waals surface area contributed by atoms with Crippen LogP contribution in [0.2, 0.25) is 0 Å². The fraction of sp³-hybridized carbons (Fsp3) is 0.400. The standard InChI is InChI=1S/C10H15NO3/c1-2-3-7(11)6-4-5-8(12)10(14)9(6)13/h4-5,7,12-14H,2-3,11H2,1H3. The zero-order valence-electron chi connectivity index (χ0n) is 8.07. The highest BCUT2D eigenvalue weighted by molar-refractivity contribution is 5.53. The Hall–Kier alpha value is -1.42. The lowest BCUT2D eigenvalue weighted by Gasteiger charge is -2.13. The van der Waals surface area contributed by atoms with Gasteiger partial charge in [0, 0.05) is 11.6 Å². The van der Waals surface area contributed by atoms with Crippen molar-refractivity contribution in [2.24, 2.45) is 5.73 Å². The average molecular weight is 197 g/mol. The molecule has 4 heteroatoms. The van der Waals surface area contributed by atoms with E-state index in [1.165, 1.54) is 12.1 Å². The van der Waals surface area contributed by atoms with Crippen molar-refractivity contribution in [3.63, 3.8) is 0 Å². The minimum absolute atomic E-state index is 0.313. The molecule has 0 heterocycles. The minimum atomic E-state index is -0.506. The monoisotopic (exact) mass is 197 g/mol. The maximum atomic E-state index is 9.49. The van der Waals surface area contributed by atoms with Crippen molar-refractivity contribution in [1.29, 1.82) is 0 Å². The maximum Gasteiger partial charge on any atom is 0.200 e. The molecule has 0 aliphatic heterocycles. The van der Waals surface area contributed by atoms with E-state index < -0.39 is 5.75 Å². The zero-order chi connectivity index (χ0) is 10.7. The van der Waals surface area contributed by atoms with E-state index >= 15 is 0 Å². The van der Waals surface area contributed by atoms with Gasteiger partial charge < -0.3 is 21.1 Å². The molecule has 0 fully saturated rings. The Morgan fingerprint density at radius 1 is 1.21 bits per heavy atom. The molecule has 0 radical (unpaired) electrons. The minimum Gasteiger partial charge on any atom is -0.504 e. The summed E-state index contributed by atoms with van der Waals surface area (Å²) in [6.45, 7) is 1.98. The Kier molecular flexibility index (Phi) is 3.19. The molecular weight excluding hydrogens is 182 g/mol.